The summed E-state index contributed by atoms with van der Waals surface area (Å²) in [6.45, 7) is 1.92. The van der Waals surface area contributed by atoms with Crippen LogP contribution in [-0.2, 0) is 15.6 Å². The molecule has 0 amide bonds. The van der Waals surface area contributed by atoms with Crippen LogP contribution in [0.1, 0.15) is 30.5 Å². The van der Waals surface area contributed by atoms with E-state index in [9.17, 15) is 13.5 Å². The molecule has 4 rings (SSSR count). The minimum atomic E-state index is -3.80. The molecule has 0 saturated heterocycles. The van der Waals surface area contributed by atoms with Gasteiger partial charge in [0.15, 0.2) is 0 Å². The first-order chi connectivity index (χ1) is 11.8. The zero-order valence-electron chi connectivity index (χ0n) is 13.7. The molecule has 130 valence electrons. The van der Waals surface area contributed by atoms with Crippen molar-refractivity contribution in [3.8, 4) is 0 Å². The number of hydrogen-bond donors (Lipinski definition) is 1. The van der Waals surface area contributed by atoms with Crippen molar-refractivity contribution in [2.24, 2.45) is 0 Å². The normalized spacial score (nSPS) is 16.8. The van der Waals surface area contributed by atoms with Gasteiger partial charge >= 0.3 is 0 Å². The first-order valence-electron chi connectivity index (χ1n) is 8.17. The molecule has 0 radical (unpaired) electrons. The summed E-state index contributed by atoms with van der Waals surface area (Å²) in [6.07, 6.45) is 2.05. The zero-order valence-corrected chi connectivity index (χ0v) is 16.1. The summed E-state index contributed by atoms with van der Waals surface area (Å²) in [4.78, 5) is 0.225. The predicted molar refractivity (Wildman–Crippen MR) is 101 cm³/mol. The Bertz CT molecular complexity index is 1060. The van der Waals surface area contributed by atoms with Crippen LogP contribution in [0.2, 0.25) is 0 Å². The topological polar surface area (TPSA) is 59.3 Å². The Morgan fingerprint density at radius 2 is 1.76 bits per heavy atom. The molecule has 1 saturated carbocycles. The van der Waals surface area contributed by atoms with Crippen LogP contribution in [0, 0.1) is 6.92 Å². The van der Waals surface area contributed by atoms with Gasteiger partial charge in [-0.1, -0.05) is 33.6 Å². The van der Waals surface area contributed by atoms with Gasteiger partial charge in [-0.25, -0.2) is 12.4 Å². The van der Waals surface area contributed by atoms with Crippen molar-refractivity contribution in [1.29, 1.82) is 0 Å². The number of nitrogens with zero attached hydrogens (tertiary/aromatic N) is 1. The summed E-state index contributed by atoms with van der Waals surface area (Å²) in [5.41, 5.74) is 0.952. The minimum absolute atomic E-state index is 0.225. The fourth-order valence-electron chi connectivity index (χ4n) is 3.33. The number of rotatable bonds is 3. The van der Waals surface area contributed by atoms with E-state index in [0.29, 0.717) is 24.1 Å². The van der Waals surface area contributed by atoms with E-state index in [0.717, 1.165) is 21.8 Å². The van der Waals surface area contributed by atoms with Gasteiger partial charge in [0.1, 0.15) is 5.60 Å². The molecule has 1 aliphatic carbocycles. The van der Waals surface area contributed by atoms with Crippen LogP contribution in [0.15, 0.2) is 57.9 Å². The lowest BCUT2D eigenvalue weighted by Crippen LogP contribution is -2.37. The van der Waals surface area contributed by atoms with Gasteiger partial charge in [-0.2, -0.15) is 0 Å². The summed E-state index contributed by atoms with van der Waals surface area (Å²) >= 11 is 3.43. The number of halogens is 1. The Morgan fingerprint density at radius 1 is 1.08 bits per heavy atom. The number of aryl methyl sites for hydroxylation is 1. The Balaban J connectivity index is 2.02. The van der Waals surface area contributed by atoms with Crippen molar-refractivity contribution in [3.63, 3.8) is 0 Å². The van der Waals surface area contributed by atoms with Crippen LogP contribution in [0.25, 0.3) is 10.9 Å². The molecule has 0 atom stereocenters. The van der Waals surface area contributed by atoms with E-state index in [4.69, 9.17) is 0 Å². The van der Waals surface area contributed by atoms with Crippen molar-refractivity contribution >= 4 is 36.9 Å². The SMILES string of the molecule is Cc1ccc(S(=O)(=O)n2c(C3(O)CCC3)cc3cc(Br)ccc32)cc1. The van der Waals surface area contributed by atoms with Gasteiger partial charge in [-0.15, -0.1) is 0 Å². The molecule has 0 spiro atoms. The molecule has 0 unspecified atom stereocenters. The first-order valence-corrected chi connectivity index (χ1v) is 10.4. The molecule has 0 bridgehead atoms. The highest BCUT2D eigenvalue weighted by molar-refractivity contribution is 9.10. The molecule has 25 heavy (non-hydrogen) atoms. The maximum atomic E-state index is 13.4. The van der Waals surface area contributed by atoms with Crippen LogP contribution < -0.4 is 0 Å². The maximum absolute atomic E-state index is 13.4. The highest BCUT2D eigenvalue weighted by atomic mass is 79.9. The van der Waals surface area contributed by atoms with Crippen LogP contribution in [-0.4, -0.2) is 17.5 Å². The largest absolute Gasteiger partial charge is 0.384 e. The fourth-order valence-corrected chi connectivity index (χ4v) is 5.30. The summed E-state index contributed by atoms with van der Waals surface area (Å²) in [5, 5.41) is 11.7. The summed E-state index contributed by atoms with van der Waals surface area (Å²) < 4.78 is 28.9. The monoisotopic (exact) mass is 419 g/mol. The lowest BCUT2D eigenvalue weighted by Gasteiger charge is -2.37. The Kier molecular flexibility index (Phi) is 3.83. The van der Waals surface area contributed by atoms with Crippen molar-refractivity contribution in [2.45, 2.75) is 36.7 Å². The Labute approximate surface area is 155 Å². The Morgan fingerprint density at radius 3 is 2.36 bits per heavy atom. The second-order valence-electron chi connectivity index (χ2n) is 6.70. The molecule has 1 N–H and O–H groups in total. The molecule has 3 aromatic rings. The van der Waals surface area contributed by atoms with E-state index in [1.807, 2.05) is 19.1 Å². The van der Waals surface area contributed by atoms with Gasteiger partial charge in [0.05, 0.1) is 16.1 Å². The lowest BCUT2D eigenvalue weighted by atomic mass is 9.78. The van der Waals surface area contributed by atoms with Gasteiger partial charge in [0, 0.05) is 9.86 Å². The third kappa shape index (κ3) is 2.63. The zero-order chi connectivity index (χ0) is 17.8. The van der Waals surface area contributed by atoms with Crippen LogP contribution in [0.3, 0.4) is 0 Å². The number of aliphatic hydroxyl groups is 1. The molecular weight excluding hydrogens is 402 g/mol. The van der Waals surface area contributed by atoms with Gasteiger partial charge in [0.25, 0.3) is 10.0 Å². The predicted octanol–water partition coefficient (Wildman–Crippen LogP) is 4.32. The second kappa shape index (κ2) is 5.69. The number of benzene rings is 2. The van der Waals surface area contributed by atoms with E-state index in [-0.39, 0.29) is 4.90 Å². The molecule has 1 heterocycles. The first kappa shape index (κ1) is 16.8. The minimum Gasteiger partial charge on any atom is -0.384 e. The van der Waals surface area contributed by atoms with E-state index < -0.39 is 15.6 Å². The Hall–Kier alpha value is -1.63. The van der Waals surface area contributed by atoms with Gasteiger partial charge in [0.2, 0.25) is 0 Å². The third-order valence-electron chi connectivity index (χ3n) is 4.94. The summed E-state index contributed by atoms with van der Waals surface area (Å²) in [7, 11) is -3.80. The van der Waals surface area contributed by atoms with E-state index >= 15 is 0 Å². The maximum Gasteiger partial charge on any atom is 0.268 e. The molecule has 6 heteroatoms. The fraction of sp³-hybridized carbons (Fsp3) is 0.263. The average molecular weight is 420 g/mol. The van der Waals surface area contributed by atoms with E-state index in [2.05, 4.69) is 15.9 Å². The molecule has 4 nitrogen and oxygen atoms in total. The average Bonchev–Trinajstić information content (AvgIpc) is 2.92. The summed E-state index contributed by atoms with van der Waals surface area (Å²) in [6, 6.07) is 14.1. The number of aromatic nitrogens is 1. The quantitative estimate of drug-likeness (QED) is 0.687. The number of fused-ring (bicyclic) bond motifs is 1. The smallest absolute Gasteiger partial charge is 0.268 e. The highest BCUT2D eigenvalue weighted by Gasteiger charge is 2.41. The second-order valence-corrected chi connectivity index (χ2v) is 9.40. The number of hydrogen-bond acceptors (Lipinski definition) is 3. The highest BCUT2D eigenvalue weighted by Crippen LogP contribution is 2.44. The molecule has 1 aromatic heterocycles. The van der Waals surface area contributed by atoms with Crippen molar-refractivity contribution in [1.82, 2.24) is 3.97 Å². The molecule has 1 aliphatic rings. The van der Waals surface area contributed by atoms with Crippen LogP contribution in [0.4, 0.5) is 0 Å². The van der Waals surface area contributed by atoms with E-state index in [1.165, 1.54) is 3.97 Å². The molecule has 0 aliphatic heterocycles. The van der Waals surface area contributed by atoms with Crippen molar-refractivity contribution in [3.05, 3.63) is 64.3 Å². The van der Waals surface area contributed by atoms with Crippen LogP contribution >= 0.6 is 15.9 Å². The summed E-state index contributed by atoms with van der Waals surface area (Å²) in [5.74, 6) is 0. The molecule has 2 aromatic carbocycles. The van der Waals surface area contributed by atoms with Crippen molar-refractivity contribution < 1.29 is 13.5 Å². The van der Waals surface area contributed by atoms with Gasteiger partial charge < -0.3 is 5.11 Å². The van der Waals surface area contributed by atoms with Crippen molar-refractivity contribution in [2.75, 3.05) is 0 Å². The lowest BCUT2D eigenvalue weighted by molar-refractivity contribution is -0.0429. The molecular formula is C19H18BrNO3S. The third-order valence-corrected chi connectivity index (χ3v) is 7.17. The van der Waals surface area contributed by atoms with E-state index in [1.54, 1.807) is 36.4 Å². The van der Waals surface area contributed by atoms with Crippen LogP contribution in [0.5, 0.6) is 0 Å². The molecule has 1 fully saturated rings. The van der Waals surface area contributed by atoms with Gasteiger partial charge in [-0.05, 0) is 62.6 Å². The standard InChI is InChI=1S/C19H18BrNO3S/c1-13-3-6-16(7-4-13)25(23,24)21-17-8-5-15(20)11-14(17)12-18(21)19(22)9-2-10-19/h3-8,11-12,22H,2,9-10H2,1H3. The van der Waals surface area contributed by atoms with Gasteiger partial charge in [-0.3, -0.25) is 0 Å².